The van der Waals surface area contributed by atoms with E-state index in [0.717, 1.165) is 37.7 Å². The third-order valence-corrected chi connectivity index (χ3v) is 13.3. The van der Waals surface area contributed by atoms with Crippen LogP contribution in [-0.2, 0) is 9.59 Å². The fraction of sp³-hybridized carbons (Fsp3) is 0.867. The monoisotopic (exact) mass is 486 g/mol. The number of rotatable bonds is 2. The first kappa shape index (κ1) is 25.4. The lowest BCUT2D eigenvalue weighted by molar-refractivity contribution is -0.278. The molecule has 0 amide bonds. The van der Waals surface area contributed by atoms with Crippen molar-refractivity contribution in [1.82, 2.24) is 0 Å². The molecule has 5 aliphatic carbocycles. The molecule has 0 aromatic carbocycles. The van der Waals surface area contributed by atoms with Crippen LogP contribution in [0.4, 0.5) is 0 Å². The lowest BCUT2D eigenvalue weighted by Gasteiger charge is -2.73. The molecule has 0 saturated heterocycles. The molecule has 5 nitrogen and oxygen atoms in total. The van der Waals surface area contributed by atoms with E-state index in [1.165, 1.54) is 0 Å². The van der Waals surface area contributed by atoms with Gasteiger partial charge in [-0.2, -0.15) is 0 Å². The van der Waals surface area contributed by atoms with Crippen LogP contribution in [0.5, 0.6) is 0 Å². The van der Waals surface area contributed by atoms with Crippen LogP contribution in [-0.4, -0.2) is 39.3 Å². The van der Waals surface area contributed by atoms with Crippen LogP contribution in [0.15, 0.2) is 12.2 Å². The topological polar surface area (TPSA) is 94.8 Å². The SMILES string of the molecule is C=C(C)[C@@H]1CC[C@]2(C(=O)O)CC[C@]3(C)[C@H](CC[C@@H]4[C@@]5(C)CC(=O)[C@H](O)C(C)(C)[C@@H]5C[C@H](O)[C@]43C)[C@@H]12. The number of carbonyl (C=O) groups is 2. The zero-order chi connectivity index (χ0) is 25.9. The fourth-order valence-electron chi connectivity index (χ4n) is 11.4. The second-order valence-corrected chi connectivity index (χ2v) is 14.6. The van der Waals surface area contributed by atoms with E-state index in [9.17, 15) is 24.9 Å². The molecule has 0 heterocycles. The number of aliphatic hydroxyl groups is 2. The van der Waals surface area contributed by atoms with Crippen molar-refractivity contribution >= 4 is 11.8 Å². The van der Waals surface area contributed by atoms with Gasteiger partial charge in [-0.3, -0.25) is 9.59 Å². The van der Waals surface area contributed by atoms with Crippen molar-refractivity contribution in [3.8, 4) is 0 Å². The number of hydrogen-bond acceptors (Lipinski definition) is 4. The van der Waals surface area contributed by atoms with Crippen LogP contribution in [0.3, 0.4) is 0 Å². The minimum atomic E-state index is -0.982. The van der Waals surface area contributed by atoms with E-state index in [0.29, 0.717) is 19.3 Å². The molecule has 5 saturated carbocycles. The van der Waals surface area contributed by atoms with Gasteiger partial charge in [0.25, 0.3) is 0 Å². The summed E-state index contributed by atoms with van der Waals surface area (Å²) in [5, 5.41) is 33.3. The average molecular weight is 487 g/mol. The molecule has 0 spiro atoms. The summed E-state index contributed by atoms with van der Waals surface area (Å²) in [6.45, 7) is 17.2. The van der Waals surface area contributed by atoms with Gasteiger partial charge in [-0.05, 0) is 92.3 Å². The highest BCUT2D eigenvalue weighted by Gasteiger charge is 2.74. The van der Waals surface area contributed by atoms with Crippen LogP contribution in [0.1, 0.15) is 92.9 Å². The highest BCUT2D eigenvalue weighted by molar-refractivity contribution is 5.85. The summed E-state index contributed by atoms with van der Waals surface area (Å²) in [4.78, 5) is 25.9. The number of carboxylic acid groups (broad SMARTS) is 1. The van der Waals surface area contributed by atoms with E-state index in [2.05, 4.69) is 34.3 Å². The largest absolute Gasteiger partial charge is 0.481 e. The molecule has 5 fully saturated rings. The van der Waals surface area contributed by atoms with Gasteiger partial charge < -0.3 is 15.3 Å². The second-order valence-electron chi connectivity index (χ2n) is 14.6. The standard InChI is InChI=1S/C30H46O5/c1-16(2)17-10-11-30(25(34)35)13-12-28(6)18(23(17)30)8-9-20-27(5)15-19(31)24(33)26(3,4)21(27)14-22(32)29(20,28)7/h17-18,20-24,32-33H,1,8-15H2,2-7H3,(H,34,35)/t17-,18+,20+,21-,22-,23+,24-,27+,28+,29-,30-/m0/s1. The lowest BCUT2D eigenvalue weighted by Crippen LogP contribution is -2.71. The Kier molecular flexibility index (Phi) is 5.40. The molecule has 0 bridgehead atoms. The number of aliphatic hydroxyl groups excluding tert-OH is 2. The molecule has 3 N–H and O–H groups in total. The quantitative estimate of drug-likeness (QED) is 0.464. The van der Waals surface area contributed by atoms with Crippen molar-refractivity contribution in [2.45, 2.75) is 105 Å². The van der Waals surface area contributed by atoms with E-state index in [4.69, 9.17) is 0 Å². The number of carboxylic acids is 1. The number of Topliss-reactive ketones (excluding diaryl/α,β-unsaturated/α-hetero) is 1. The average Bonchev–Trinajstić information content (AvgIpc) is 3.17. The number of aliphatic carboxylic acids is 1. The molecule has 0 unspecified atom stereocenters. The molecule has 0 aromatic rings. The Morgan fingerprint density at radius 3 is 2.23 bits per heavy atom. The Balaban J connectivity index is 1.62. The van der Waals surface area contributed by atoms with Crippen LogP contribution < -0.4 is 0 Å². The van der Waals surface area contributed by atoms with E-state index in [-0.39, 0.29) is 46.2 Å². The fourth-order valence-corrected chi connectivity index (χ4v) is 11.4. The number of allylic oxidation sites excluding steroid dienone is 1. The Morgan fingerprint density at radius 2 is 1.63 bits per heavy atom. The van der Waals surface area contributed by atoms with Crippen molar-refractivity contribution in [1.29, 1.82) is 0 Å². The highest BCUT2D eigenvalue weighted by atomic mass is 16.4. The first-order valence-electron chi connectivity index (χ1n) is 13.9. The van der Waals surface area contributed by atoms with Crippen molar-refractivity contribution in [2.24, 2.45) is 56.7 Å². The van der Waals surface area contributed by atoms with Crippen LogP contribution in [0.2, 0.25) is 0 Å². The van der Waals surface area contributed by atoms with E-state index >= 15 is 0 Å². The van der Waals surface area contributed by atoms with Crippen LogP contribution >= 0.6 is 0 Å². The second kappa shape index (κ2) is 7.43. The Morgan fingerprint density at radius 1 is 0.971 bits per heavy atom. The zero-order valence-corrected chi connectivity index (χ0v) is 22.6. The molecule has 0 aromatic heterocycles. The summed E-state index contributed by atoms with van der Waals surface area (Å²) in [6.07, 6.45) is 4.33. The molecule has 5 heteroatoms. The maximum absolute atomic E-state index is 13.1. The van der Waals surface area contributed by atoms with Gasteiger partial charge >= 0.3 is 5.97 Å². The van der Waals surface area contributed by atoms with E-state index < -0.39 is 34.4 Å². The molecular formula is C30H46O5. The maximum Gasteiger partial charge on any atom is 0.309 e. The van der Waals surface area contributed by atoms with Crippen molar-refractivity contribution in [2.75, 3.05) is 0 Å². The summed E-state index contributed by atoms with van der Waals surface area (Å²) in [6, 6.07) is 0. The Hall–Kier alpha value is -1.20. The molecule has 35 heavy (non-hydrogen) atoms. The summed E-state index contributed by atoms with van der Waals surface area (Å²) in [5.41, 5.74) is -1.07. The lowest BCUT2D eigenvalue weighted by atomic mass is 9.31. The van der Waals surface area contributed by atoms with Crippen molar-refractivity contribution < 1.29 is 24.9 Å². The van der Waals surface area contributed by atoms with Crippen LogP contribution in [0, 0.1) is 56.7 Å². The maximum atomic E-state index is 13.1. The van der Waals surface area contributed by atoms with Gasteiger partial charge in [-0.1, -0.05) is 46.8 Å². The van der Waals surface area contributed by atoms with Gasteiger partial charge in [0.15, 0.2) is 5.78 Å². The normalized spacial score (nSPS) is 54.7. The van der Waals surface area contributed by atoms with Gasteiger partial charge in [0.1, 0.15) is 6.10 Å². The van der Waals surface area contributed by atoms with Crippen molar-refractivity contribution in [3.05, 3.63) is 12.2 Å². The van der Waals surface area contributed by atoms with Gasteiger partial charge in [0.05, 0.1) is 11.5 Å². The summed E-state index contributed by atoms with van der Waals surface area (Å²) in [5.74, 6) is -0.0133. The number of fused-ring (bicyclic) bond motifs is 7. The predicted octanol–water partition coefficient (Wildman–Crippen LogP) is 5.24. The molecule has 5 rings (SSSR count). The third-order valence-electron chi connectivity index (χ3n) is 13.3. The Bertz CT molecular complexity index is 970. The number of ketones is 1. The minimum absolute atomic E-state index is 0.0537. The molecule has 0 radical (unpaired) electrons. The third kappa shape index (κ3) is 2.83. The molecular weight excluding hydrogens is 440 g/mol. The predicted molar refractivity (Wildman–Crippen MR) is 134 cm³/mol. The van der Waals surface area contributed by atoms with Gasteiger partial charge in [0, 0.05) is 17.3 Å². The van der Waals surface area contributed by atoms with Gasteiger partial charge in [-0.25, -0.2) is 0 Å². The highest BCUT2D eigenvalue weighted by Crippen LogP contribution is 2.77. The van der Waals surface area contributed by atoms with Crippen LogP contribution in [0.25, 0.3) is 0 Å². The summed E-state index contributed by atoms with van der Waals surface area (Å²) >= 11 is 0. The first-order valence-corrected chi connectivity index (χ1v) is 13.9. The van der Waals surface area contributed by atoms with E-state index in [1.54, 1.807) is 0 Å². The smallest absolute Gasteiger partial charge is 0.309 e. The van der Waals surface area contributed by atoms with Crippen molar-refractivity contribution in [3.63, 3.8) is 0 Å². The summed E-state index contributed by atoms with van der Waals surface area (Å²) < 4.78 is 0. The zero-order valence-electron chi connectivity index (χ0n) is 22.6. The van der Waals surface area contributed by atoms with Gasteiger partial charge in [0.2, 0.25) is 0 Å². The first-order chi connectivity index (χ1) is 16.1. The Labute approximate surface area is 210 Å². The van der Waals surface area contributed by atoms with Gasteiger partial charge in [-0.15, -0.1) is 0 Å². The molecule has 196 valence electrons. The molecule has 0 aliphatic heterocycles. The molecule has 11 atom stereocenters. The number of carbonyl (C=O) groups excluding carboxylic acids is 1. The molecule has 5 aliphatic rings. The number of hydrogen-bond donors (Lipinski definition) is 3. The summed E-state index contributed by atoms with van der Waals surface area (Å²) in [7, 11) is 0. The van der Waals surface area contributed by atoms with E-state index in [1.807, 2.05) is 13.8 Å². The minimum Gasteiger partial charge on any atom is -0.481 e.